The molecule has 3 rings (SSSR count). The summed E-state index contributed by atoms with van der Waals surface area (Å²) in [5.41, 5.74) is 1.69. The van der Waals surface area contributed by atoms with Gasteiger partial charge in [0.25, 0.3) is 0 Å². The molecule has 0 bridgehead atoms. The van der Waals surface area contributed by atoms with Gasteiger partial charge in [-0.15, -0.1) is 0 Å². The quantitative estimate of drug-likeness (QED) is 0.695. The third-order valence-electron chi connectivity index (χ3n) is 4.14. The molecule has 0 unspecified atom stereocenters. The zero-order valence-corrected chi connectivity index (χ0v) is 14.3. The second-order valence-electron chi connectivity index (χ2n) is 5.71. The highest BCUT2D eigenvalue weighted by molar-refractivity contribution is 5.96. The molecule has 0 N–H and O–H groups in total. The van der Waals surface area contributed by atoms with Crippen LogP contribution >= 0.6 is 0 Å². The summed E-state index contributed by atoms with van der Waals surface area (Å²) in [7, 11) is 2.13. The van der Waals surface area contributed by atoms with E-state index in [-0.39, 0.29) is 18.4 Å². The average molecular weight is 338 g/mol. The number of rotatable bonds is 4. The molecule has 0 spiro atoms. The number of halogens is 1. The largest absolute Gasteiger partial charge is 1.00 e. The lowest BCUT2D eigenvalue weighted by atomic mass is 10.1. The number of nitrogens with zero attached hydrogens (tertiary/aromatic N) is 2. The lowest BCUT2D eigenvalue weighted by Crippen LogP contribution is -3.00. The van der Waals surface area contributed by atoms with Gasteiger partial charge in [-0.25, -0.2) is 4.79 Å². The van der Waals surface area contributed by atoms with Crippen LogP contribution in [0.1, 0.15) is 23.0 Å². The zero-order chi connectivity index (χ0) is 15.5. The van der Waals surface area contributed by atoms with Crippen LogP contribution in [0.15, 0.2) is 28.7 Å². The van der Waals surface area contributed by atoms with Gasteiger partial charge in [-0.05, 0) is 20.0 Å². The number of furan rings is 1. The minimum atomic E-state index is -0.372. The Kier molecular flexibility index (Phi) is 6.04. The first-order valence-corrected chi connectivity index (χ1v) is 7.77. The summed E-state index contributed by atoms with van der Waals surface area (Å²) < 4.78 is 10.9. The summed E-state index contributed by atoms with van der Waals surface area (Å²) >= 11 is 0. The van der Waals surface area contributed by atoms with Crippen LogP contribution in [0.5, 0.6) is 0 Å². The summed E-state index contributed by atoms with van der Waals surface area (Å²) in [5.74, 6) is -0.0233. The molecule has 1 aliphatic rings. The lowest BCUT2D eigenvalue weighted by molar-refractivity contribution is -0.0000228. The number of piperazine rings is 1. The van der Waals surface area contributed by atoms with Crippen LogP contribution in [-0.4, -0.2) is 55.6 Å². The Labute approximate surface area is 142 Å². The van der Waals surface area contributed by atoms with Gasteiger partial charge in [-0.1, -0.05) is 18.2 Å². The van der Waals surface area contributed by atoms with E-state index in [0.29, 0.717) is 12.4 Å². The molecule has 0 aliphatic carbocycles. The van der Waals surface area contributed by atoms with Gasteiger partial charge < -0.3 is 26.5 Å². The van der Waals surface area contributed by atoms with Gasteiger partial charge in [0, 0.05) is 43.7 Å². The SMILES string of the molecule is CCOC(=O)c1oc2ccccc2c1CN1CCN(C)CC1.[Cl-]. The lowest BCUT2D eigenvalue weighted by Gasteiger charge is -2.32. The normalized spacial score (nSPS) is 16.3. The van der Waals surface area contributed by atoms with Crippen molar-refractivity contribution in [2.24, 2.45) is 0 Å². The Balaban J connectivity index is 0.00000192. The predicted molar refractivity (Wildman–Crippen MR) is 84.9 cm³/mol. The first kappa shape index (κ1) is 17.8. The number of para-hydroxylation sites is 1. The Morgan fingerprint density at radius 3 is 2.61 bits per heavy atom. The minimum absolute atomic E-state index is 0. The summed E-state index contributed by atoms with van der Waals surface area (Å²) in [6.07, 6.45) is 0. The van der Waals surface area contributed by atoms with E-state index in [1.807, 2.05) is 24.3 Å². The number of hydrogen-bond acceptors (Lipinski definition) is 5. The van der Waals surface area contributed by atoms with E-state index >= 15 is 0 Å². The Hall–Kier alpha value is -1.56. The van der Waals surface area contributed by atoms with Gasteiger partial charge in [0.1, 0.15) is 5.58 Å². The van der Waals surface area contributed by atoms with Crippen LogP contribution in [0, 0.1) is 0 Å². The summed E-state index contributed by atoms with van der Waals surface area (Å²) in [6.45, 7) is 6.97. The van der Waals surface area contributed by atoms with E-state index in [2.05, 4.69) is 16.8 Å². The smallest absolute Gasteiger partial charge is 0.374 e. The maximum Gasteiger partial charge on any atom is 0.374 e. The Morgan fingerprint density at radius 1 is 1.22 bits per heavy atom. The molecule has 5 nitrogen and oxygen atoms in total. The highest BCUT2D eigenvalue weighted by Crippen LogP contribution is 2.28. The van der Waals surface area contributed by atoms with Crippen LogP contribution in [0.25, 0.3) is 11.0 Å². The van der Waals surface area contributed by atoms with E-state index in [1.54, 1.807) is 6.92 Å². The van der Waals surface area contributed by atoms with Crippen molar-refractivity contribution in [1.29, 1.82) is 0 Å². The number of likely N-dealkylation sites (N-methyl/N-ethyl adjacent to an activating group) is 1. The zero-order valence-electron chi connectivity index (χ0n) is 13.5. The summed E-state index contributed by atoms with van der Waals surface area (Å²) in [5, 5.41) is 1.00. The van der Waals surface area contributed by atoms with Crippen molar-refractivity contribution < 1.29 is 26.4 Å². The maximum atomic E-state index is 12.2. The summed E-state index contributed by atoms with van der Waals surface area (Å²) in [4.78, 5) is 16.9. The molecule has 0 radical (unpaired) electrons. The predicted octanol–water partition coefficient (Wildman–Crippen LogP) is -0.639. The van der Waals surface area contributed by atoms with Gasteiger partial charge in [0.2, 0.25) is 5.76 Å². The van der Waals surface area contributed by atoms with Gasteiger partial charge in [-0.2, -0.15) is 0 Å². The van der Waals surface area contributed by atoms with Crippen LogP contribution in [0.4, 0.5) is 0 Å². The standard InChI is InChI=1S/C17H22N2O3.ClH/c1-3-21-17(20)16-14(12-19-10-8-18(2)9-11-19)13-6-4-5-7-15(13)22-16;/h4-7H,3,8-12H2,1-2H3;1H/p-1. The molecule has 1 aromatic carbocycles. The highest BCUT2D eigenvalue weighted by Gasteiger charge is 2.24. The molecule has 1 aliphatic heterocycles. The van der Waals surface area contributed by atoms with Crippen molar-refractivity contribution >= 4 is 16.9 Å². The van der Waals surface area contributed by atoms with E-state index in [1.165, 1.54) is 0 Å². The van der Waals surface area contributed by atoms with Crippen molar-refractivity contribution in [1.82, 2.24) is 9.80 Å². The van der Waals surface area contributed by atoms with Gasteiger partial charge >= 0.3 is 5.97 Å². The van der Waals surface area contributed by atoms with Crippen molar-refractivity contribution in [3.05, 3.63) is 35.6 Å². The van der Waals surface area contributed by atoms with Crippen molar-refractivity contribution in [3.8, 4) is 0 Å². The second-order valence-corrected chi connectivity index (χ2v) is 5.71. The molecule has 1 aromatic heterocycles. The van der Waals surface area contributed by atoms with Crippen molar-refractivity contribution in [2.75, 3.05) is 39.8 Å². The topological polar surface area (TPSA) is 45.9 Å². The van der Waals surface area contributed by atoms with E-state index in [4.69, 9.17) is 9.15 Å². The van der Waals surface area contributed by atoms with Crippen LogP contribution < -0.4 is 12.4 Å². The fourth-order valence-corrected chi connectivity index (χ4v) is 2.85. The third-order valence-corrected chi connectivity index (χ3v) is 4.14. The number of benzene rings is 1. The Morgan fingerprint density at radius 2 is 1.91 bits per heavy atom. The molecule has 0 atom stereocenters. The molecule has 1 fully saturated rings. The number of carbonyl (C=O) groups is 1. The van der Waals surface area contributed by atoms with E-state index < -0.39 is 0 Å². The first-order chi connectivity index (χ1) is 10.7. The molecule has 2 heterocycles. The van der Waals surface area contributed by atoms with Crippen molar-refractivity contribution in [2.45, 2.75) is 13.5 Å². The molecule has 2 aromatic rings. The number of ether oxygens (including phenoxy) is 1. The number of carbonyl (C=O) groups excluding carboxylic acids is 1. The molecule has 6 heteroatoms. The molecular formula is C17H22ClN2O3-. The average Bonchev–Trinajstić information content (AvgIpc) is 2.89. The second kappa shape index (κ2) is 7.81. The highest BCUT2D eigenvalue weighted by atomic mass is 35.5. The van der Waals surface area contributed by atoms with Gasteiger partial charge in [-0.3, -0.25) is 4.90 Å². The fourth-order valence-electron chi connectivity index (χ4n) is 2.85. The van der Waals surface area contributed by atoms with Crippen molar-refractivity contribution in [3.63, 3.8) is 0 Å². The summed E-state index contributed by atoms with van der Waals surface area (Å²) in [6, 6.07) is 7.79. The minimum Gasteiger partial charge on any atom is -1.00 e. The fraction of sp³-hybridized carbons (Fsp3) is 0.471. The monoisotopic (exact) mass is 337 g/mol. The van der Waals surface area contributed by atoms with Crippen LogP contribution in [-0.2, 0) is 11.3 Å². The number of hydrogen-bond donors (Lipinski definition) is 0. The van der Waals surface area contributed by atoms with Crippen LogP contribution in [0.2, 0.25) is 0 Å². The molecule has 126 valence electrons. The van der Waals surface area contributed by atoms with Gasteiger partial charge in [0.05, 0.1) is 6.61 Å². The van der Waals surface area contributed by atoms with Gasteiger partial charge in [0.15, 0.2) is 0 Å². The number of fused-ring (bicyclic) bond motifs is 1. The maximum absolute atomic E-state index is 12.2. The third kappa shape index (κ3) is 3.86. The number of esters is 1. The molecular weight excluding hydrogens is 316 g/mol. The molecule has 1 saturated heterocycles. The first-order valence-electron chi connectivity index (χ1n) is 7.77. The van der Waals surface area contributed by atoms with E-state index in [9.17, 15) is 4.79 Å². The molecule has 0 amide bonds. The Bertz CT molecular complexity index is 663. The molecule has 23 heavy (non-hydrogen) atoms. The molecule has 0 saturated carbocycles. The van der Waals surface area contributed by atoms with Crippen LogP contribution in [0.3, 0.4) is 0 Å². The van der Waals surface area contributed by atoms with E-state index in [0.717, 1.165) is 49.3 Å².